The van der Waals surface area contributed by atoms with Crippen LogP contribution < -0.4 is 5.32 Å². The van der Waals surface area contributed by atoms with E-state index >= 15 is 0 Å². The van der Waals surface area contributed by atoms with E-state index in [4.69, 9.17) is 23.2 Å². The molecule has 1 amide bonds. The Bertz CT molecular complexity index is 474. The van der Waals surface area contributed by atoms with Crippen LogP contribution in [0, 0.1) is 0 Å². The van der Waals surface area contributed by atoms with E-state index in [9.17, 15) is 4.79 Å². The summed E-state index contributed by atoms with van der Waals surface area (Å²) in [5, 5.41) is 4.41. The van der Waals surface area contributed by atoms with Crippen LogP contribution >= 0.6 is 23.2 Å². The van der Waals surface area contributed by atoms with Gasteiger partial charge in [0.1, 0.15) is 0 Å². The maximum absolute atomic E-state index is 12.2. The fourth-order valence-electron chi connectivity index (χ4n) is 2.08. The molecule has 1 heterocycles. The highest BCUT2D eigenvalue weighted by atomic mass is 35.5. The van der Waals surface area contributed by atoms with Crippen molar-refractivity contribution in [1.82, 2.24) is 10.2 Å². The zero-order chi connectivity index (χ0) is 13.3. The van der Waals surface area contributed by atoms with Gasteiger partial charge in [-0.2, -0.15) is 0 Å². The van der Waals surface area contributed by atoms with Crippen LogP contribution in [0.15, 0.2) is 18.2 Å². The molecule has 5 heteroatoms. The second-order valence-corrected chi connectivity index (χ2v) is 5.86. The molecular formula is C13H16Cl2N2O. The van der Waals surface area contributed by atoms with E-state index < -0.39 is 5.54 Å². The van der Waals surface area contributed by atoms with Crippen LogP contribution in [0.2, 0.25) is 10.0 Å². The van der Waals surface area contributed by atoms with Crippen molar-refractivity contribution >= 4 is 29.1 Å². The molecule has 1 saturated heterocycles. The average Bonchev–Trinajstić information content (AvgIpc) is 2.28. The molecule has 1 aliphatic heterocycles. The highest BCUT2D eigenvalue weighted by molar-refractivity contribution is 6.35. The van der Waals surface area contributed by atoms with Gasteiger partial charge in [0, 0.05) is 29.7 Å². The van der Waals surface area contributed by atoms with Crippen molar-refractivity contribution in [3.63, 3.8) is 0 Å². The number of piperazine rings is 1. The van der Waals surface area contributed by atoms with Crippen LogP contribution in [0.1, 0.15) is 19.4 Å². The lowest BCUT2D eigenvalue weighted by Crippen LogP contribution is -2.60. The summed E-state index contributed by atoms with van der Waals surface area (Å²) < 4.78 is 0. The van der Waals surface area contributed by atoms with Crippen molar-refractivity contribution in [3.05, 3.63) is 33.8 Å². The molecule has 0 bridgehead atoms. The van der Waals surface area contributed by atoms with E-state index in [1.54, 1.807) is 12.1 Å². The quantitative estimate of drug-likeness (QED) is 0.907. The van der Waals surface area contributed by atoms with Gasteiger partial charge in [-0.25, -0.2) is 0 Å². The molecule has 0 aromatic heterocycles. The van der Waals surface area contributed by atoms with E-state index in [1.165, 1.54) is 0 Å². The van der Waals surface area contributed by atoms with Gasteiger partial charge in [0.15, 0.2) is 0 Å². The lowest BCUT2D eigenvalue weighted by atomic mass is 10.0. The van der Waals surface area contributed by atoms with E-state index in [-0.39, 0.29) is 5.91 Å². The monoisotopic (exact) mass is 286 g/mol. The van der Waals surface area contributed by atoms with Crippen molar-refractivity contribution < 1.29 is 4.79 Å². The van der Waals surface area contributed by atoms with Crippen LogP contribution in [0.4, 0.5) is 0 Å². The van der Waals surface area contributed by atoms with Gasteiger partial charge in [-0.15, -0.1) is 0 Å². The summed E-state index contributed by atoms with van der Waals surface area (Å²) in [4.78, 5) is 14.0. The van der Waals surface area contributed by atoms with Gasteiger partial charge < -0.3 is 10.2 Å². The van der Waals surface area contributed by atoms with Crippen LogP contribution in [-0.2, 0) is 11.3 Å². The minimum Gasteiger partial charge on any atom is -0.335 e. The summed E-state index contributed by atoms with van der Waals surface area (Å²) in [6, 6.07) is 5.36. The lowest BCUT2D eigenvalue weighted by molar-refractivity contribution is -0.140. The van der Waals surface area contributed by atoms with Crippen molar-refractivity contribution in [2.75, 3.05) is 13.1 Å². The standard InChI is InChI=1S/C13H16Cl2N2O/c1-13(2)12(18)17(6-5-16-13)8-9-3-4-10(14)7-11(9)15/h3-4,7,16H,5-6,8H2,1-2H3. The Labute approximate surface area is 117 Å². The number of hydrogen-bond acceptors (Lipinski definition) is 2. The largest absolute Gasteiger partial charge is 0.335 e. The molecule has 0 atom stereocenters. The van der Waals surface area contributed by atoms with Gasteiger partial charge >= 0.3 is 0 Å². The molecule has 1 aromatic rings. The van der Waals surface area contributed by atoms with Crippen LogP contribution in [0.5, 0.6) is 0 Å². The second kappa shape index (κ2) is 5.08. The van der Waals surface area contributed by atoms with E-state index in [0.29, 0.717) is 23.1 Å². The van der Waals surface area contributed by atoms with Crippen LogP contribution in [-0.4, -0.2) is 29.4 Å². The summed E-state index contributed by atoms with van der Waals surface area (Å²) in [5.74, 6) is 0.0970. The summed E-state index contributed by atoms with van der Waals surface area (Å²) in [7, 11) is 0. The lowest BCUT2D eigenvalue weighted by Gasteiger charge is -2.38. The molecule has 0 radical (unpaired) electrons. The maximum atomic E-state index is 12.2. The molecule has 0 spiro atoms. The normalized spacial score (nSPS) is 19.1. The topological polar surface area (TPSA) is 32.3 Å². The Hall–Kier alpha value is -0.770. The number of nitrogens with zero attached hydrogens (tertiary/aromatic N) is 1. The van der Waals surface area contributed by atoms with Crippen LogP contribution in [0.25, 0.3) is 0 Å². The summed E-state index contributed by atoms with van der Waals surface area (Å²) in [5.41, 5.74) is 0.420. The minimum atomic E-state index is -0.503. The van der Waals surface area contributed by atoms with Gasteiger partial charge in [0.05, 0.1) is 5.54 Å². The highest BCUT2D eigenvalue weighted by Crippen LogP contribution is 2.24. The Kier molecular flexibility index (Phi) is 3.85. The molecule has 98 valence electrons. The summed E-state index contributed by atoms with van der Waals surface area (Å²) in [6.07, 6.45) is 0. The van der Waals surface area contributed by atoms with Gasteiger partial charge in [-0.05, 0) is 31.5 Å². The van der Waals surface area contributed by atoms with Gasteiger partial charge in [0.25, 0.3) is 0 Å². The van der Waals surface area contributed by atoms with Gasteiger partial charge in [0.2, 0.25) is 5.91 Å². The van der Waals surface area contributed by atoms with Crippen molar-refractivity contribution in [2.45, 2.75) is 25.9 Å². The third-order valence-electron chi connectivity index (χ3n) is 3.15. The number of halogens is 2. The molecular weight excluding hydrogens is 271 g/mol. The third kappa shape index (κ3) is 2.79. The van der Waals surface area contributed by atoms with Crippen molar-refractivity contribution in [1.29, 1.82) is 0 Å². The molecule has 18 heavy (non-hydrogen) atoms. The molecule has 1 aromatic carbocycles. The zero-order valence-electron chi connectivity index (χ0n) is 10.5. The first kappa shape index (κ1) is 13.7. The van der Waals surface area contributed by atoms with Crippen molar-refractivity contribution in [3.8, 4) is 0 Å². The maximum Gasteiger partial charge on any atom is 0.242 e. The van der Waals surface area contributed by atoms with E-state index in [0.717, 1.165) is 12.1 Å². The summed E-state index contributed by atoms with van der Waals surface area (Å²) in [6.45, 7) is 5.81. The first-order valence-corrected chi connectivity index (χ1v) is 6.64. The number of carbonyl (C=O) groups is 1. The first-order chi connectivity index (χ1) is 8.40. The van der Waals surface area contributed by atoms with E-state index in [2.05, 4.69) is 5.32 Å². The fourth-order valence-corrected chi connectivity index (χ4v) is 2.55. The number of hydrogen-bond donors (Lipinski definition) is 1. The SMILES string of the molecule is CC1(C)NCCN(Cc2ccc(Cl)cc2Cl)C1=O. The van der Waals surface area contributed by atoms with Crippen LogP contribution in [0.3, 0.4) is 0 Å². The number of benzene rings is 1. The molecule has 1 fully saturated rings. The first-order valence-electron chi connectivity index (χ1n) is 5.88. The Balaban J connectivity index is 2.16. The van der Waals surface area contributed by atoms with Gasteiger partial charge in [-0.1, -0.05) is 29.3 Å². The highest BCUT2D eigenvalue weighted by Gasteiger charge is 2.35. The molecule has 1 aliphatic rings. The predicted molar refractivity (Wildman–Crippen MR) is 74.0 cm³/mol. The summed E-state index contributed by atoms with van der Waals surface area (Å²) >= 11 is 12.0. The molecule has 1 N–H and O–H groups in total. The zero-order valence-corrected chi connectivity index (χ0v) is 12.0. The number of nitrogens with one attached hydrogen (secondary N) is 1. The average molecular weight is 287 g/mol. The number of carbonyl (C=O) groups excluding carboxylic acids is 1. The molecule has 2 rings (SSSR count). The second-order valence-electron chi connectivity index (χ2n) is 5.01. The smallest absolute Gasteiger partial charge is 0.242 e. The molecule has 3 nitrogen and oxygen atoms in total. The van der Waals surface area contributed by atoms with E-state index in [1.807, 2.05) is 24.8 Å². The molecule has 0 aliphatic carbocycles. The minimum absolute atomic E-state index is 0.0970. The fraction of sp³-hybridized carbons (Fsp3) is 0.462. The third-order valence-corrected chi connectivity index (χ3v) is 3.73. The van der Waals surface area contributed by atoms with Gasteiger partial charge in [-0.3, -0.25) is 4.79 Å². The number of amides is 1. The molecule has 0 saturated carbocycles. The predicted octanol–water partition coefficient (Wildman–Crippen LogP) is 2.70. The Morgan fingerprint density at radius 3 is 2.78 bits per heavy atom. The Morgan fingerprint density at radius 1 is 1.39 bits per heavy atom. The Morgan fingerprint density at radius 2 is 2.11 bits per heavy atom. The number of rotatable bonds is 2. The molecule has 0 unspecified atom stereocenters. The van der Waals surface area contributed by atoms with Crippen molar-refractivity contribution in [2.24, 2.45) is 0 Å².